The molecule has 0 saturated carbocycles. The topological polar surface area (TPSA) is 34.1 Å². The number of hydrogen-bond donors (Lipinski definition) is 1. The minimum atomic E-state index is 0.825. The van der Waals surface area contributed by atoms with E-state index in [0.717, 1.165) is 39.9 Å². The standard InChI is InChI=1S/C13H14Br2N2OS/c1-18-13-11(14)4-9(5-12(13)15)6-16-3-2-10-7-19-8-17-10/h4-5,7-8,16H,2-3,6H2,1H3. The molecule has 1 N–H and O–H groups in total. The quantitative estimate of drug-likeness (QED) is 0.737. The van der Waals surface area contributed by atoms with Crippen LogP contribution in [-0.4, -0.2) is 18.6 Å². The molecule has 6 heteroatoms. The number of ether oxygens (including phenoxy) is 1. The van der Waals surface area contributed by atoms with Gasteiger partial charge in [0.15, 0.2) is 0 Å². The van der Waals surface area contributed by atoms with Crippen LogP contribution in [0, 0.1) is 0 Å². The predicted octanol–water partition coefficient (Wildman–Crippen LogP) is 4.01. The van der Waals surface area contributed by atoms with Gasteiger partial charge < -0.3 is 10.1 Å². The van der Waals surface area contributed by atoms with Crippen molar-refractivity contribution in [2.24, 2.45) is 0 Å². The summed E-state index contributed by atoms with van der Waals surface area (Å²) in [5, 5.41) is 5.50. The van der Waals surface area contributed by atoms with Gasteiger partial charge >= 0.3 is 0 Å². The fourth-order valence-corrected chi connectivity index (χ4v) is 3.92. The maximum absolute atomic E-state index is 5.28. The Balaban J connectivity index is 1.86. The number of nitrogens with zero attached hydrogens (tertiary/aromatic N) is 1. The number of aromatic nitrogens is 1. The van der Waals surface area contributed by atoms with Crippen molar-refractivity contribution in [2.75, 3.05) is 13.7 Å². The molecule has 0 fully saturated rings. The lowest BCUT2D eigenvalue weighted by Gasteiger charge is -2.10. The van der Waals surface area contributed by atoms with Crippen LogP contribution in [0.2, 0.25) is 0 Å². The molecule has 0 spiro atoms. The first kappa shape index (κ1) is 15.0. The van der Waals surface area contributed by atoms with Crippen molar-refractivity contribution in [1.29, 1.82) is 0 Å². The van der Waals surface area contributed by atoms with Gasteiger partial charge in [-0.25, -0.2) is 4.98 Å². The average molecular weight is 406 g/mol. The third-order valence-corrected chi connectivity index (χ3v) is 4.45. The molecule has 0 atom stereocenters. The molecule has 0 amide bonds. The van der Waals surface area contributed by atoms with Crippen molar-refractivity contribution in [3.05, 3.63) is 43.2 Å². The Bertz CT molecular complexity index is 508. The van der Waals surface area contributed by atoms with Crippen LogP contribution >= 0.6 is 43.2 Å². The largest absolute Gasteiger partial charge is 0.494 e. The number of methoxy groups -OCH3 is 1. The van der Waals surface area contributed by atoms with E-state index in [1.165, 1.54) is 5.56 Å². The van der Waals surface area contributed by atoms with E-state index >= 15 is 0 Å². The van der Waals surface area contributed by atoms with E-state index in [9.17, 15) is 0 Å². The molecule has 19 heavy (non-hydrogen) atoms. The second kappa shape index (κ2) is 7.38. The molecular formula is C13H14Br2N2OS. The third-order valence-electron chi connectivity index (χ3n) is 2.63. The van der Waals surface area contributed by atoms with Crippen LogP contribution in [0.1, 0.15) is 11.3 Å². The van der Waals surface area contributed by atoms with E-state index < -0.39 is 0 Å². The fraction of sp³-hybridized carbons (Fsp3) is 0.308. The van der Waals surface area contributed by atoms with Crippen molar-refractivity contribution in [3.63, 3.8) is 0 Å². The van der Waals surface area contributed by atoms with Crippen molar-refractivity contribution >= 4 is 43.2 Å². The number of rotatable bonds is 6. The van der Waals surface area contributed by atoms with Crippen molar-refractivity contribution < 1.29 is 4.74 Å². The molecule has 2 rings (SSSR count). The van der Waals surface area contributed by atoms with Crippen LogP contribution in [0.5, 0.6) is 5.75 Å². The van der Waals surface area contributed by atoms with Gasteiger partial charge in [0, 0.05) is 24.9 Å². The Hall–Kier alpha value is -0.430. The van der Waals surface area contributed by atoms with Crippen LogP contribution < -0.4 is 10.1 Å². The average Bonchev–Trinajstić information content (AvgIpc) is 2.87. The Kier molecular flexibility index (Phi) is 5.81. The molecule has 102 valence electrons. The SMILES string of the molecule is COc1c(Br)cc(CNCCc2cscn2)cc1Br. The fourth-order valence-electron chi connectivity index (χ4n) is 1.72. The summed E-state index contributed by atoms with van der Waals surface area (Å²) in [4.78, 5) is 4.26. The molecule has 0 saturated heterocycles. The summed E-state index contributed by atoms with van der Waals surface area (Å²) < 4.78 is 7.20. The molecule has 1 aromatic carbocycles. The maximum atomic E-state index is 5.28. The molecule has 3 nitrogen and oxygen atoms in total. The molecule has 0 aliphatic rings. The highest BCUT2D eigenvalue weighted by Gasteiger charge is 2.07. The zero-order valence-electron chi connectivity index (χ0n) is 10.5. The van der Waals surface area contributed by atoms with Crippen molar-refractivity contribution in [2.45, 2.75) is 13.0 Å². The number of hydrogen-bond acceptors (Lipinski definition) is 4. The van der Waals surface area contributed by atoms with Crippen LogP contribution in [-0.2, 0) is 13.0 Å². The summed E-state index contributed by atoms with van der Waals surface area (Å²) in [6.45, 7) is 1.75. The van der Waals surface area contributed by atoms with Crippen molar-refractivity contribution in [3.8, 4) is 5.75 Å². The lowest BCUT2D eigenvalue weighted by atomic mass is 10.2. The Morgan fingerprint density at radius 3 is 2.63 bits per heavy atom. The zero-order valence-corrected chi connectivity index (χ0v) is 14.4. The first-order valence-electron chi connectivity index (χ1n) is 5.80. The van der Waals surface area contributed by atoms with Crippen LogP contribution in [0.25, 0.3) is 0 Å². The molecule has 2 aromatic rings. The van der Waals surface area contributed by atoms with Gasteiger partial charge in [0.1, 0.15) is 5.75 Å². The summed E-state index contributed by atoms with van der Waals surface area (Å²) in [6.07, 6.45) is 0.960. The van der Waals surface area contributed by atoms with Gasteiger partial charge in [-0.05, 0) is 49.6 Å². The van der Waals surface area contributed by atoms with E-state index in [-0.39, 0.29) is 0 Å². The summed E-state index contributed by atoms with van der Waals surface area (Å²) in [5.41, 5.74) is 4.22. The van der Waals surface area contributed by atoms with Gasteiger partial charge in [-0.1, -0.05) is 0 Å². The number of halogens is 2. The van der Waals surface area contributed by atoms with Gasteiger partial charge in [-0.15, -0.1) is 11.3 Å². The van der Waals surface area contributed by atoms with Crippen LogP contribution in [0.15, 0.2) is 32.0 Å². The molecule has 0 bridgehead atoms. The van der Waals surface area contributed by atoms with Crippen molar-refractivity contribution in [1.82, 2.24) is 10.3 Å². The highest BCUT2D eigenvalue weighted by atomic mass is 79.9. The van der Waals surface area contributed by atoms with E-state index in [1.807, 2.05) is 5.51 Å². The maximum Gasteiger partial charge on any atom is 0.147 e. The lowest BCUT2D eigenvalue weighted by Crippen LogP contribution is -2.16. The van der Waals surface area contributed by atoms with E-state index in [2.05, 4.69) is 59.7 Å². The Labute approximate surface area is 133 Å². The van der Waals surface area contributed by atoms with E-state index in [1.54, 1.807) is 18.4 Å². The molecule has 0 radical (unpaired) electrons. The summed E-state index contributed by atoms with van der Waals surface area (Å²) in [7, 11) is 1.66. The zero-order chi connectivity index (χ0) is 13.7. The highest BCUT2D eigenvalue weighted by Crippen LogP contribution is 2.34. The first-order valence-corrected chi connectivity index (χ1v) is 8.33. The summed E-state index contributed by atoms with van der Waals surface area (Å²) >= 11 is 8.65. The molecular weight excluding hydrogens is 392 g/mol. The number of thiazole rings is 1. The van der Waals surface area contributed by atoms with E-state index in [4.69, 9.17) is 4.74 Å². The highest BCUT2D eigenvalue weighted by molar-refractivity contribution is 9.11. The van der Waals surface area contributed by atoms with Gasteiger partial charge in [0.2, 0.25) is 0 Å². The number of benzene rings is 1. The predicted molar refractivity (Wildman–Crippen MR) is 85.9 cm³/mol. The molecule has 0 aliphatic heterocycles. The smallest absolute Gasteiger partial charge is 0.147 e. The van der Waals surface area contributed by atoms with Crippen LogP contribution in [0.3, 0.4) is 0 Å². The molecule has 0 aliphatic carbocycles. The third kappa shape index (κ3) is 4.27. The van der Waals surface area contributed by atoms with Gasteiger partial charge in [0.25, 0.3) is 0 Å². The van der Waals surface area contributed by atoms with E-state index in [0.29, 0.717) is 0 Å². The minimum absolute atomic E-state index is 0.825. The minimum Gasteiger partial charge on any atom is -0.494 e. The Morgan fingerprint density at radius 2 is 2.05 bits per heavy atom. The van der Waals surface area contributed by atoms with Gasteiger partial charge in [0.05, 0.1) is 27.3 Å². The number of nitrogens with one attached hydrogen (secondary N) is 1. The normalized spacial score (nSPS) is 10.7. The second-order valence-electron chi connectivity index (χ2n) is 4.00. The first-order chi connectivity index (χ1) is 9.20. The monoisotopic (exact) mass is 404 g/mol. The molecule has 1 aromatic heterocycles. The molecule has 1 heterocycles. The summed E-state index contributed by atoms with van der Waals surface area (Å²) in [6, 6.07) is 4.14. The lowest BCUT2D eigenvalue weighted by molar-refractivity contribution is 0.409. The second-order valence-corrected chi connectivity index (χ2v) is 6.43. The molecule has 0 unspecified atom stereocenters. The van der Waals surface area contributed by atoms with Gasteiger partial charge in [-0.2, -0.15) is 0 Å². The summed E-state index contributed by atoms with van der Waals surface area (Å²) in [5.74, 6) is 0.825. The van der Waals surface area contributed by atoms with Crippen LogP contribution in [0.4, 0.5) is 0 Å². The Morgan fingerprint density at radius 1 is 1.32 bits per heavy atom. The van der Waals surface area contributed by atoms with Gasteiger partial charge in [-0.3, -0.25) is 0 Å².